The van der Waals surface area contributed by atoms with E-state index in [9.17, 15) is 9.59 Å². The highest BCUT2D eigenvalue weighted by molar-refractivity contribution is 5.99. The van der Waals surface area contributed by atoms with Crippen molar-refractivity contribution in [3.8, 4) is 6.07 Å². The molecule has 1 aliphatic carbocycles. The predicted molar refractivity (Wildman–Crippen MR) is 63.8 cm³/mol. The maximum atomic E-state index is 11.8. The SMILES string of the molecule is Cc1cccc(NC(=O)C2CC2C(=O)O)c1C#N. The van der Waals surface area contributed by atoms with E-state index in [4.69, 9.17) is 10.4 Å². The fourth-order valence-corrected chi connectivity index (χ4v) is 1.90. The van der Waals surface area contributed by atoms with Crippen molar-refractivity contribution in [3.63, 3.8) is 0 Å². The van der Waals surface area contributed by atoms with Crippen LogP contribution in [-0.2, 0) is 9.59 Å². The molecule has 1 fully saturated rings. The predicted octanol–water partition coefficient (Wildman–Crippen LogP) is 1.53. The molecule has 1 saturated carbocycles. The number of hydrogen-bond donors (Lipinski definition) is 2. The van der Waals surface area contributed by atoms with Crippen LogP contribution in [0, 0.1) is 30.1 Å². The molecule has 2 unspecified atom stereocenters. The van der Waals surface area contributed by atoms with Gasteiger partial charge in [-0.1, -0.05) is 12.1 Å². The van der Waals surface area contributed by atoms with Gasteiger partial charge in [-0.3, -0.25) is 9.59 Å². The van der Waals surface area contributed by atoms with Crippen LogP contribution in [0.4, 0.5) is 5.69 Å². The summed E-state index contributed by atoms with van der Waals surface area (Å²) in [7, 11) is 0. The number of rotatable bonds is 3. The van der Waals surface area contributed by atoms with E-state index in [0.29, 0.717) is 17.7 Å². The molecule has 5 heteroatoms. The van der Waals surface area contributed by atoms with Gasteiger partial charge in [0.05, 0.1) is 23.1 Å². The maximum absolute atomic E-state index is 11.8. The molecule has 2 rings (SSSR count). The molecular weight excluding hydrogens is 232 g/mol. The highest BCUT2D eigenvalue weighted by atomic mass is 16.4. The van der Waals surface area contributed by atoms with Crippen LogP contribution in [0.3, 0.4) is 0 Å². The third kappa shape index (κ3) is 2.18. The second-order valence-electron chi connectivity index (χ2n) is 4.39. The quantitative estimate of drug-likeness (QED) is 0.843. The van der Waals surface area contributed by atoms with Gasteiger partial charge in [0.1, 0.15) is 6.07 Å². The maximum Gasteiger partial charge on any atom is 0.307 e. The lowest BCUT2D eigenvalue weighted by Gasteiger charge is -2.08. The lowest BCUT2D eigenvalue weighted by atomic mass is 10.1. The summed E-state index contributed by atoms with van der Waals surface area (Å²) in [5.41, 5.74) is 1.64. The number of nitrogens with one attached hydrogen (secondary N) is 1. The third-order valence-electron chi connectivity index (χ3n) is 3.09. The molecule has 0 radical (unpaired) electrons. The Balaban J connectivity index is 2.12. The second kappa shape index (κ2) is 4.49. The monoisotopic (exact) mass is 244 g/mol. The molecule has 2 N–H and O–H groups in total. The Morgan fingerprint density at radius 2 is 2.17 bits per heavy atom. The molecule has 1 aromatic rings. The highest BCUT2D eigenvalue weighted by Crippen LogP contribution is 2.39. The van der Waals surface area contributed by atoms with Gasteiger partial charge in [0.2, 0.25) is 5.91 Å². The Morgan fingerprint density at radius 3 is 2.72 bits per heavy atom. The summed E-state index contributed by atoms with van der Waals surface area (Å²) in [4.78, 5) is 22.5. The molecule has 5 nitrogen and oxygen atoms in total. The molecule has 0 saturated heterocycles. The fourth-order valence-electron chi connectivity index (χ4n) is 1.90. The van der Waals surface area contributed by atoms with E-state index in [1.807, 2.05) is 6.07 Å². The van der Waals surface area contributed by atoms with E-state index < -0.39 is 17.8 Å². The van der Waals surface area contributed by atoms with E-state index in [1.165, 1.54) is 0 Å². The van der Waals surface area contributed by atoms with Gasteiger partial charge >= 0.3 is 5.97 Å². The first kappa shape index (κ1) is 12.1. The van der Waals surface area contributed by atoms with Gasteiger partial charge in [0, 0.05) is 0 Å². The summed E-state index contributed by atoms with van der Waals surface area (Å²) in [6, 6.07) is 7.20. The average Bonchev–Trinajstić information content (AvgIpc) is 3.09. The number of amides is 1. The highest BCUT2D eigenvalue weighted by Gasteiger charge is 2.48. The van der Waals surface area contributed by atoms with Crippen molar-refractivity contribution >= 4 is 17.6 Å². The van der Waals surface area contributed by atoms with Crippen LogP contribution in [0.15, 0.2) is 18.2 Å². The zero-order valence-electron chi connectivity index (χ0n) is 9.80. The number of carbonyl (C=O) groups excluding carboxylic acids is 1. The Labute approximate surface area is 104 Å². The van der Waals surface area contributed by atoms with E-state index >= 15 is 0 Å². The number of carboxylic acids is 1. The van der Waals surface area contributed by atoms with Crippen molar-refractivity contribution in [2.45, 2.75) is 13.3 Å². The van der Waals surface area contributed by atoms with Gasteiger partial charge in [0.15, 0.2) is 0 Å². The minimum atomic E-state index is -0.945. The second-order valence-corrected chi connectivity index (χ2v) is 4.39. The fraction of sp³-hybridized carbons (Fsp3) is 0.308. The van der Waals surface area contributed by atoms with Crippen molar-refractivity contribution < 1.29 is 14.7 Å². The number of hydrogen-bond acceptors (Lipinski definition) is 3. The molecule has 1 amide bonds. The van der Waals surface area contributed by atoms with E-state index in [-0.39, 0.29) is 5.91 Å². The van der Waals surface area contributed by atoms with Crippen molar-refractivity contribution in [2.75, 3.05) is 5.32 Å². The van der Waals surface area contributed by atoms with Gasteiger partial charge in [0.25, 0.3) is 0 Å². The van der Waals surface area contributed by atoms with Gasteiger partial charge in [-0.15, -0.1) is 0 Å². The molecule has 1 aromatic carbocycles. The van der Waals surface area contributed by atoms with Crippen LogP contribution in [0.5, 0.6) is 0 Å². The first-order valence-electron chi connectivity index (χ1n) is 5.58. The molecule has 0 spiro atoms. The smallest absolute Gasteiger partial charge is 0.307 e. The van der Waals surface area contributed by atoms with Crippen LogP contribution >= 0.6 is 0 Å². The third-order valence-corrected chi connectivity index (χ3v) is 3.09. The number of carboxylic acid groups (broad SMARTS) is 1. The van der Waals surface area contributed by atoms with Crippen molar-refractivity contribution in [3.05, 3.63) is 29.3 Å². The Bertz CT molecular complexity index is 560. The molecule has 0 aliphatic heterocycles. The zero-order chi connectivity index (χ0) is 13.3. The number of anilines is 1. The Hall–Kier alpha value is -2.35. The molecule has 1 aliphatic rings. The lowest BCUT2D eigenvalue weighted by Crippen LogP contribution is -2.17. The van der Waals surface area contributed by atoms with Gasteiger partial charge in [-0.25, -0.2) is 0 Å². The summed E-state index contributed by atoms with van der Waals surface area (Å²) in [6.07, 6.45) is 0.370. The lowest BCUT2D eigenvalue weighted by molar-refractivity contribution is -0.139. The normalized spacial score (nSPS) is 20.9. The number of carbonyl (C=O) groups is 2. The van der Waals surface area contributed by atoms with Crippen molar-refractivity contribution in [1.29, 1.82) is 5.26 Å². The summed E-state index contributed by atoms with van der Waals surface area (Å²) in [5, 5.41) is 20.4. The largest absolute Gasteiger partial charge is 0.481 e. The number of benzene rings is 1. The number of nitriles is 1. The van der Waals surface area contributed by atoms with E-state index in [1.54, 1.807) is 25.1 Å². The minimum absolute atomic E-state index is 0.329. The molecule has 0 heterocycles. The summed E-state index contributed by atoms with van der Waals surface area (Å²) >= 11 is 0. The van der Waals surface area contributed by atoms with Crippen LogP contribution in [0.2, 0.25) is 0 Å². The van der Waals surface area contributed by atoms with Crippen molar-refractivity contribution in [1.82, 2.24) is 0 Å². The zero-order valence-corrected chi connectivity index (χ0v) is 9.80. The summed E-state index contributed by atoms with van der Waals surface area (Å²) < 4.78 is 0. The molecule has 2 atom stereocenters. The summed E-state index contributed by atoms with van der Waals surface area (Å²) in [5.74, 6) is -2.33. The van der Waals surface area contributed by atoms with E-state index in [2.05, 4.69) is 5.32 Å². The molecular formula is C13H12N2O3. The number of aryl methyl sites for hydroxylation is 1. The minimum Gasteiger partial charge on any atom is -0.481 e. The van der Waals surface area contributed by atoms with Gasteiger partial charge < -0.3 is 10.4 Å². The molecule has 92 valence electrons. The molecule has 18 heavy (non-hydrogen) atoms. The Kier molecular flexibility index (Phi) is 3.02. The van der Waals surface area contributed by atoms with Crippen molar-refractivity contribution in [2.24, 2.45) is 11.8 Å². The van der Waals surface area contributed by atoms with Gasteiger partial charge in [-0.05, 0) is 25.0 Å². The first-order chi connectivity index (χ1) is 8.54. The standard InChI is InChI=1S/C13H12N2O3/c1-7-3-2-4-11(10(7)6-14)15-12(16)8-5-9(8)13(17)18/h2-4,8-9H,5H2,1H3,(H,15,16)(H,17,18). The Morgan fingerprint density at radius 1 is 1.44 bits per heavy atom. The molecule has 0 aromatic heterocycles. The molecule has 0 bridgehead atoms. The first-order valence-corrected chi connectivity index (χ1v) is 5.58. The van der Waals surface area contributed by atoms with Crippen LogP contribution in [-0.4, -0.2) is 17.0 Å². The van der Waals surface area contributed by atoms with E-state index in [0.717, 1.165) is 5.56 Å². The summed E-state index contributed by atoms with van der Waals surface area (Å²) in [6.45, 7) is 1.78. The number of nitrogens with zero attached hydrogens (tertiary/aromatic N) is 1. The number of aliphatic carboxylic acids is 1. The van der Waals surface area contributed by atoms with Crippen LogP contribution in [0.25, 0.3) is 0 Å². The van der Waals surface area contributed by atoms with Crippen LogP contribution < -0.4 is 5.32 Å². The van der Waals surface area contributed by atoms with Gasteiger partial charge in [-0.2, -0.15) is 5.26 Å². The average molecular weight is 244 g/mol. The van der Waals surface area contributed by atoms with Crippen LogP contribution in [0.1, 0.15) is 17.5 Å². The topological polar surface area (TPSA) is 90.2 Å².